The lowest BCUT2D eigenvalue weighted by molar-refractivity contribution is -0.134. The van der Waals surface area contributed by atoms with E-state index in [0.717, 1.165) is 11.3 Å². The van der Waals surface area contributed by atoms with Crippen LogP contribution in [-0.4, -0.2) is 55.1 Å². The number of nitrogens with one attached hydrogen (secondary N) is 1. The molecule has 0 aliphatic carbocycles. The molecule has 0 unspecified atom stereocenters. The third kappa shape index (κ3) is 6.59. The third-order valence-electron chi connectivity index (χ3n) is 4.77. The molecule has 1 aromatic rings. The summed E-state index contributed by atoms with van der Waals surface area (Å²) in [6, 6.07) is 6.05. The first-order valence-electron chi connectivity index (χ1n) is 9.71. The van der Waals surface area contributed by atoms with Crippen molar-refractivity contribution < 1.29 is 19.1 Å². The van der Waals surface area contributed by atoms with E-state index in [2.05, 4.69) is 32.2 Å². The van der Waals surface area contributed by atoms with E-state index in [-0.39, 0.29) is 36.5 Å². The van der Waals surface area contributed by atoms with Crippen LogP contribution >= 0.6 is 11.6 Å². The number of alkyl halides is 1. The van der Waals surface area contributed by atoms with Gasteiger partial charge in [-0.3, -0.25) is 4.79 Å². The zero-order valence-corrected chi connectivity index (χ0v) is 18.0. The van der Waals surface area contributed by atoms with Gasteiger partial charge in [0, 0.05) is 19.1 Å². The topological polar surface area (TPSA) is 67.9 Å². The van der Waals surface area contributed by atoms with Gasteiger partial charge < -0.3 is 19.7 Å². The van der Waals surface area contributed by atoms with Crippen molar-refractivity contribution in [3.05, 3.63) is 29.3 Å². The van der Waals surface area contributed by atoms with Gasteiger partial charge in [-0.05, 0) is 36.8 Å². The Labute approximate surface area is 172 Å². The Hall–Kier alpha value is -1.95. The minimum absolute atomic E-state index is 0.0115. The smallest absolute Gasteiger partial charge is 0.407 e. The first-order chi connectivity index (χ1) is 13.2. The number of carbonyl (C=O) groups is 2. The SMILES string of the molecule is Cc1ccc(OCC(=O)N2CCC(NC(=O)OCCCl)CC2)c(C(C)(C)C)c1. The van der Waals surface area contributed by atoms with Crippen molar-refractivity contribution in [1.29, 1.82) is 0 Å². The monoisotopic (exact) mass is 410 g/mol. The van der Waals surface area contributed by atoms with Crippen molar-refractivity contribution in [2.45, 2.75) is 52.0 Å². The molecule has 2 rings (SSSR count). The normalized spacial score (nSPS) is 15.2. The number of ether oxygens (including phenoxy) is 2. The molecule has 1 aromatic carbocycles. The van der Waals surface area contributed by atoms with Gasteiger partial charge in [0.1, 0.15) is 12.4 Å². The van der Waals surface area contributed by atoms with E-state index in [1.165, 1.54) is 5.56 Å². The second kappa shape index (κ2) is 10.0. The summed E-state index contributed by atoms with van der Waals surface area (Å²) < 4.78 is 10.8. The summed E-state index contributed by atoms with van der Waals surface area (Å²) in [5, 5.41) is 2.81. The molecule has 1 fully saturated rings. The summed E-state index contributed by atoms with van der Waals surface area (Å²) in [6.45, 7) is 9.82. The number of hydrogen-bond donors (Lipinski definition) is 1. The molecule has 0 spiro atoms. The first-order valence-corrected chi connectivity index (χ1v) is 10.2. The maximum absolute atomic E-state index is 12.5. The zero-order valence-electron chi connectivity index (χ0n) is 17.2. The fourth-order valence-corrected chi connectivity index (χ4v) is 3.28. The molecule has 156 valence electrons. The Morgan fingerprint density at radius 1 is 1.25 bits per heavy atom. The Morgan fingerprint density at radius 2 is 1.93 bits per heavy atom. The predicted octanol–water partition coefficient (Wildman–Crippen LogP) is 3.63. The molecular weight excluding hydrogens is 380 g/mol. The standard InChI is InChI=1S/C21H31ClN2O4/c1-15-5-6-18(17(13-15)21(2,3)4)28-14-19(25)24-10-7-16(8-11-24)23-20(26)27-12-9-22/h5-6,13,16H,7-12,14H2,1-4H3,(H,23,26). The molecule has 0 bridgehead atoms. The molecule has 0 radical (unpaired) electrons. The fourth-order valence-electron chi connectivity index (χ4n) is 3.20. The van der Waals surface area contributed by atoms with Crippen LogP contribution in [0.1, 0.15) is 44.7 Å². The van der Waals surface area contributed by atoms with Crippen LogP contribution in [0.15, 0.2) is 18.2 Å². The van der Waals surface area contributed by atoms with Crippen molar-refractivity contribution in [3.63, 3.8) is 0 Å². The van der Waals surface area contributed by atoms with E-state index in [9.17, 15) is 9.59 Å². The van der Waals surface area contributed by atoms with Crippen molar-refractivity contribution in [1.82, 2.24) is 10.2 Å². The van der Waals surface area contributed by atoms with Crippen LogP contribution in [0.3, 0.4) is 0 Å². The summed E-state index contributed by atoms with van der Waals surface area (Å²) in [6.07, 6.45) is 0.932. The molecular formula is C21H31ClN2O4. The number of rotatable bonds is 6. The van der Waals surface area contributed by atoms with E-state index < -0.39 is 6.09 Å². The van der Waals surface area contributed by atoms with Crippen LogP contribution in [-0.2, 0) is 14.9 Å². The molecule has 0 atom stereocenters. The van der Waals surface area contributed by atoms with Gasteiger partial charge in [0.2, 0.25) is 0 Å². The number of nitrogens with zero attached hydrogens (tertiary/aromatic N) is 1. The number of amides is 2. The molecule has 0 saturated carbocycles. The van der Waals surface area contributed by atoms with E-state index in [4.69, 9.17) is 21.1 Å². The van der Waals surface area contributed by atoms with Crippen molar-refractivity contribution in [2.24, 2.45) is 0 Å². The highest BCUT2D eigenvalue weighted by atomic mass is 35.5. The summed E-state index contributed by atoms with van der Waals surface area (Å²) in [5.41, 5.74) is 2.20. The molecule has 0 aromatic heterocycles. The minimum Gasteiger partial charge on any atom is -0.483 e. The van der Waals surface area contributed by atoms with Gasteiger partial charge in [0.15, 0.2) is 6.61 Å². The number of aryl methyl sites for hydroxylation is 1. The molecule has 1 saturated heterocycles. The average molecular weight is 411 g/mol. The van der Waals surface area contributed by atoms with Crippen molar-refractivity contribution in [2.75, 3.05) is 32.2 Å². The number of carbonyl (C=O) groups excluding carboxylic acids is 2. The molecule has 1 aliphatic rings. The lowest BCUT2D eigenvalue weighted by atomic mass is 9.85. The van der Waals surface area contributed by atoms with Crippen LogP contribution in [0.5, 0.6) is 5.75 Å². The molecule has 1 aliphatic heterocycles. The summed E-state index contributed by atoms with van der Waals surface area (Å²) in [5.74, 6) is 0.992. The number of halogens is 1. The fraction of sp³-hybridized carbons (Fsp3) is 0.619. The quantitative estimate of drug-likeness (QED) is 0.727. The Morgan fingerprint density at radius 3 is 2.54 bits per heavy atom. The van der Waals surface area contributed by atoms with Crippen molar-refractivity contribution in [3.8, 4) is 5.75 Å². The highest BCUT2D eigenvalue weighted by molar-refractivity contribution is 6.18. The van der Waals surface area contributed by atoms with Gasteiger partial charge in [-0.1, -0.05) is 38.5 Å². The highest BCUT2D eigenvalue weighted by Crippen LogP contribution is 2.32. The predicted molar refractivity (Wildman–Crippen MR) is 110 cm³/mol. The number of benzene rings is 1. The largest absolute Gasteiger partial charge is 0.483 e. The van der Waals surface area contributed by atoms with Crippen LogP contribution in [0.2, 0.25) is 0 Å². The van der Waals surface area contributed by atoms with Gasteiger partial charge >= 0.3 is 6.09 Å². The number of piperidine rings is 1. The lowest BCUT2D eigenvalue weighted by Crippen LogP contribution is -2.47. The number of alkyl carbamates (subject to hydrolysis) is 1. The molecule has 1 heterocycles. The van der Waals surface area contributed by atoms with Crippen LogP contribution in [0.4, 0.5) is 4.79 Å². The van der Waals surface area contributed by atoms with Crippen LogP contribution < -0.4 is 10.1 Å². The molecule has 6 nitrogen and oxygen atoms in total. The molecule has 7 heteroatoms. The Balaban J connectivity index is 1.83. The van der Waals surface area contributed by atoms with Gasteiger partial charge in [0.25, 0.3) is 5.91 Å². The zero-order chi connectivity index (χ0) is 20.7. The third-order valence-corrected chi connectivity index (χ3v) is 4.93. The molecule has 2 amide bonds. The lowest BCUT2D eigenvalue weighted by Gasteiger charge is -2.32. The maximum Gasteiger partial charge on any atom is 0.407 e. The van der Waals surface area contributed by atoms with Gasteiger partial charge in [-0.2, -0.15) is 0 Å². The average Bonchev–Trinajstić information content (AvgIpc) is 2.65. The summed E-state index contributed by atoms with van der Waals surface area (Å²) in [7, 11) is 0. The van der Waals surface area contributed by atoms with E-state index >= 15 is 0 Å². The molecule has 1 N–H and O–H groups in total. The van der Waals surface area contributed by atoms with Gasteiger partial charge in [-0.15, -0.1) is 11.6 Å². The van der Waals surface area contributed by atoms with E-state index in [1.54, 1.807) is 4.90 Å². The maximum atomic E-state index is 12.5. The number of hydrogen-bond acceptors (Lipinski definition) is 4. The minimum atomic E-state index is -0.456. The van der Waals surface area contributed by atoms with Crippen LogP contribution in [0.25, 0.3) is 0 Å². The summed E-state index contributed by atoms with van der Waals surface area (Å²) >= 11 is 5.50. The van der Waals surface area contributed by atoms with Gasteiger partial charge in [-0.25, -0.2) is 4.79 Å². The Bertz CT molecular complexity index is 679. The number of likely N-dealkylation sites (tertiary alicyclic amines) is 1. The van der Waals surface area contributed by atoms with Crippen LogP contribution in [0, 0.1) is 6.92 Å². The van der Waals surface area contributed by atoms with Crippen molar-refractivity contribution >= 4 is 23.6 Å². The Kier molecular flexibility index (Phi) is 7.98. The second-order valence-electron chi connectivity index (χ2n) is 8.16. The first kappa shape index (κ1) is 22.3. The van der Waals surface area contributed by atoms with Gasteiger partial charge in [0.05, 0.1) is 5.88 Å². The second-order valence-corrected chi connectivity index (χ2v) is 8.54. The highest BCUT2D eigenvalue weighted by Gasteiger charge is 2.25. The molecule has 28 heavy (non-hydrogen) atoms. The summed E-state index contributed by atoms with van der Waals surface area (Å²) in [4.78, 5) is 25.9. The van der Waals surface area contributed by atoms with E-state index in [0.29, 0.717) is 25.9 Å². The van der Waals surface area contributed by atoms with E-state index in [1.807, 2.05) is 19.1 Å².